The minimum Gasteiger partial charge on any atom is -0.324 e. The van der Waals surface area contributed by atoms with E-state index < -0.39 is 4.92 Å². The van der Waals surface area contributed by atoms with Crippen molar-refractivity contribution in [1.82, 2.24) is 4.90 Å². The standard InChI is InChI=1S/C23H29N3O3/c1-17-3-6-19(7-4-17)8-9-20-11-13-25(14-12-20)16-23(27)24-22-15-21(26(28)29)10-5-18(22)2/h3-7,10,15,20H,8-9,11-14,16H2,1-2H3,(H,24,27). The van der Waals surface area contributed by atoms with E-state index in [-0.39, 0.29) is 11.6 Å². The fourth-order valence-electron chi connectivity index (χ4n) is 3.81. The summed E-state index contributed by atoms with van der Waals surface area (Å²) < 4.78 is 0. The number of piperidine rings is 1. The number of aryl methyl sites for hydroxylation is 3. The van der Waals surface area contributed by atoms with Gasteiger partial charge in [-0.2, -0.15) is 0 Å². The van der Waals surface area contributed by atoms with E-state index in [0.717, 1.165) is 37.9 Å². The zero-order chi connectivity index (χ0) is 20.8. The van der Waals surface area contributed by atoms with E-state index in [1.54, 1.807) is 6.07 Å². The van der Waals surface area contributed by atoms with Crippen LogP contribution in [0.1, 0.15) is 36.0 Å². The number of likely N-dealkylation sites (tertiary alicyclic amines) is 1. The van der Waals surface area contributed by atoms with Gasteiger partial charge in [-0.1, -0.05) is 35.9 Å². The third-order valence-electron chi connectivity index (χ3n) is 5.74. The maximum Gasteiger partial charge on any atom is 0.271 e. The van der Waals surface area contributed by atoms with E-state index in [9.17, 15) is 14.9 Å². The number of nitro groups is 1. The highest BCUT2D eigenvalue weighted by atomic mass is 16.6. The quantitative estimate of drug-likeness (QED) is 0.553. The van der Waals surface area contributed by atoms with Crippen LogP contribution in [0.25, 0.3) is 0 Å². The van der Waals surface area contributed by atoms with E-state index in [0.29, 0.717) is 18.2 Å². The number of amides is 1. The summed E-state index contributed by atoms with van der Waals surface area (Å²) in [4.78, 5) is 25.1. The lowest BCUT2D eigenvalue weighted by atomic mass is 9.90. The highest BCUT2D eigenvalue weighted by molar-refractivity contribution is 5.93. The molecule has 0 bridgehead atoms. The first-order valence-electron chi connectivity index (χ1n) is 10.2. The van der Waals surface area contributed by atoms with Gasteiger partial charge < -0.3 is 5.32 Å². The molecule has 1 saturated heterocycles. The van der Waals surface area contributed by atoms with Gasteiger partial charge in [-0.05, 0) is 69.7 Å². The fraction of sp³-hybridized carbons (Fsp3) is 0.435. The molecular formula is C23H29N3O3. The summed E-state index contributed by atoms with van der Waals surface area (Å²) in [6.07, 6.45) is 4.51. The Hall–Kier alpha value is -2.73. The number of nitrogens with one attached hydrogen (secondary N) is 1. The van der Waals surface area contributed by atoms with Crippen LogP contribution in [0.2, 0.25) is 0 Å². The Morgan fingerprint density at radius 3 is 2.48 bits per heavy atom. The lowest BCUT2D eigenvalue weighted by Crippen LogP contribution is -2.39. The van der Waals surface area contributed by atoms with Crippen LogP contribution in [0.4, 0.5) is 11.4 Å². The molecule has 1 heterocycles. The zero-order valence-electron chi connectivity index (χ0n) is 17.2. The number of benzene rings is 2. The number of anilines is 1. The van der Waals surface area contributed by atoms with Crippen LogP contribution < -0.4 is 5.32 Å². The van der Waals surface area contributed by atoms with Gasteiger partial charge in [0.15, 0.2) is 0 Å². The Labute approximate surface area is 172 Å². The molecule has 0 aromatic heterocycles. The van der Waals surface area contributed by atoms with Crippen molar-refractivity contribution in [3.63, 3.8) is 0 Å². The molecule has 2 aromatic rings. The molecule has 0 unspecified atom stereocenters. The largest absolute Gasteiger partial charge is 0.324 e. The first kappa shape index (κ1) is 21.0. The number of hydrogen-bond donors (Lipinski definition) is 1. The summed E-state index contributed by atoms with van der Waals surface area (Å²) in [5, 5.41) is 13.8. The van der Waals surface area contributed by atoms with E-state index in [1.807, 2.05) is 6.92 Å². The molecule has 1 amide bonds. The van der Waals surface area contributed by atoms with Crippen LogP contribution >= 0.6 is 0 Å². The summed E-state index contributed by atoms with van der Waals surface area (Å²) in [5.41, 5.74) is 4.00. The van der Waals surface area contributed by atoms with Gasteiger partial charge in [-0.25, -0.2) is 0 Å². The van der Waals surface area contributed by atoms with Crippen LogP contribution in [0, 0.1) is 29.9 Å². The van der Waals surface area contributed by atoms with Gasteiger partial charge in [-0.3, -0.25) is 19.8 Å². The number of carbonyl (C=O) groups is 1. The summed E-state index contributed by atoms with van der Waals surface area (Å²) in [6.45, 7) is 6.10. The maximum absolute atomic E-state index is 12.4. The Kier molecular flexibility index (Phi) is 6.99. The molecule has 0 saturated carbocycles. The van der Waals surface area contributed by atoms with Crippen LogP contribution in [-0.2, 0) is 11.2 Å². The predicted octanol–water partition coefficient (Wildman–Crippen LogP) is 4.49. The normalized spacial score (nSPS) is 15.2. The van der Waals surface area contributed by atoms with Crippen LogP contribution in [0.15, 0.2) is 42.5 Å². The van der Waals surface area contributed by atoms with Gasteiger partial charge >= 0.3 is 0 Å². The predicted molar refractivity (Wildman–Crippen MR) is 115 cm³/mol. The number of carbonyl (C=O) groups excluding carboxylic acids is 1. The lowest BCUT2D eigenvalue weighted by molar-refractivity contribution is -0.384. The van der Waals surface area contributed by atoms with Crippen molar-refractivity contribution >= 4 is 17.3 Å². The van der Waals surface area contributed by atoms with Crippen LogP contribution in [-0.4, -0.2) is 35.4 Å². The zero-order valence-corrected chi connectivity index (χ0v) is 17.2. The molecule has 1 fully saturated rings. The van der Waals surface area contributed by atoms with Crippen molar-refractivity contribution in [2.45, 2.75) is 39.5 Å². The van der Waals surface area contributed by atoms with Crippen LogP contribution in [0.3, 0.4) is 0 Å². The first-order valence-corrected chi connectivity index (χ1v) is 10.2. The Bertz CT molecular complexity index is 856. The van der Waals surface area contributed by atoms with E-state index >= 15 is 0 Å². The molecule has 0 aliphatic carbocycles. The summed E-state index contributed by atoms with van der Waals surface area (Å²) in [7, 11) is 0. The van der Waals surface area contributed by atoms with Gasteiger partial charge in [0.05, 0.1) is 17.2 Å². The van der Waals surface area contributed by atoms with Gasteiger partial charge in [0.1, 0.15) is 0 Å². The topological polar surface area (TPSA) is 75.5 Å². The lowest BCUT2D eigenvalue weighted by Gasteiger charge is -2.31. The molecule has 1 N–H and O–H groups in total. The Morgan fingerprint density at radius 2 is 1.83 bits per heavy atom. The third-order valence-corrected chi connectivity index (χ3v) is 5.74. The second kappa shape index (κ2) is 9.65. The van der Waals surface area contributed by atoms with E-state index in [2.05, 4.69) is 41.4 Å². The number of nitrogens with zero attached hydrogens (tertiary/aromatic N) is 2. The van der Waals surface area contributed by atoms with Crippen molar-refractivity contribution < 1.29 is 9.72 Å². The third kappa shape index (κ3) is 6.12. The minimum absolute atomic E-state index is 0.0136. The summed E-state index contributed by atoms with van der Waals surface area (Å²) in [5.74, 6) is 0.585. The van der Waals surface area contributed by atoms with Gasteiger partial charge in [-0.15, -0.1) is 0 Å². The highest BCUT2D eigenvalue weighted by Gasteiger charge is 2.21. The first-order chi connectivity index (χ1) is 13.9. The molecule has 3 rings (SSSR count). The molecule has 6 heteroatoms. The summed E-state index contributed by atoms with van der Waals surface area (Å²) in [6, 6.07) is 13.3. The average molecular weight is 396 g/mol. The molecule has 0 spiro atoms. The number of rotatable bonds is 7. The van der Waals surface area contributed by atoms with Crippen molar-refractivity contribution in [3.8, 4) is 0 Å². The van der Waals surface area contributed by atoms with E-state index in [4.69, 9.17) is 0 Å². The SMILES string of the molecule is Cc1ccc(CCC2CCN(CC(=O)Nc3cc([N+](=O)[O-])ccc3C)CC2)cc1. The molecule has 1 aliphatic rings. The van der Waals surface area contributed by atoms with Crippen molar-refractivity contribution in [3.05, 3.63) is 69.3 Å². The van der Waals surface area contributed by atoms with Crippen molar-refractivity contribution in [2.24, 2.45) is 5.92 Å². The van der Waals surface area contributed by atoms with Crippen molar-refractivity contribution in [2.75, 3.05) is 25.0 Å². The van der Waals surface area contributed by atoms with Gasteiger partial charge in [0.2, 0.25) is 5.91 Å². The molecule has 6 nitrogen and oxygen atoms in total. The smallest absolute Gasteiger partial charge is 0.271 e. The monoisotopic (exact) mass is 395 g/mol. The molecule has 29 heavy (non-hydrogen) atoms. The number of nitro benzene ring substituents is 1. The number of hydrogen-bond acceptors (Lipinski definition) is 4. The molecule has 154 valence electrons. The minimum atomic E-state index is -0.448. The highest BCUT2D eigenvalue weighted by Crippen LogP contribution is 2.24. The van der Waals surface area contributed by atoms with Crippen molar-refractivity contribution in [1.29, 1.82) is 0 Å². The van der Waals surface area contributed by atoms with Gasteiger partial charge in [0.25, 0.3) is 5.69 Å². The Balaban J connectivity index is 1.43. The molecule has 2 aromatic carbocycles. The average Bonchev–Trinajstić information content (AvgIpc) is 2.70. The fourth-order valence-corrected chi connectivity index (χ4v) is 3.81. The maximum atomic E-state index is 12.4. The molecule has 1 aliphatic heterocycles. The molecular weight excluding hydrogens is 366 g/mol. The Morgan fingerprint density at radius 1 is 1.14 bits per heavy atom. The second-order valence-corrected chi connectivity index (χ2v) is 8.05. The molecule has 0 radical (unpaired) electrons. The van der Waals surface area contributed by atoms with Crippen LogP contribution in [0.5, 0.6) is 0 Å². The van der Waals surface area contributed by atoms with Gasteiger partial charge in [0, 0.05) is 12.1 Å². The van der Waals surface area contributed by atoms with E-state index in [1.165, 1.54) is 29.7 Å². The number of non-ortho nitro benzene ring substituents is 1. The summed E-state index contributed by atoms with van der Waals surface area (Å²) >= 11 is 0. The molecule has 0 atom stereocenters. The second-order valence-electron chi connectivity index (χ2n) is 8.05.